The maximum atomic E-state index is 8.06. The average Bonchev–Trinajstić information content (AvgIpc) is 1.00. The SMILES string of the molecule is [MgH2].[NaH].[O]=[Mn]. The molecule has 0 fully saturated rings. The van der Waals surface area contributed by atoms with Gasteiger partial charge in [0.2, 0.25) is 0 Å². The Bertz CT molecular complexity index is 8.00. The van der Waals surface area contributed by atoms with Crippen LogP contribution in [-0.2, 0) is 19.8 Å². The first-order valence-corrected chi connectivity index (χ1v) is 0.636. The summed E-state index contributed by atoms with van der Waals surface area (Å²) in [5, 5.41) is 0. The van der Waals surface area contributed by atoms with Gasteiger partial charge in [-0.25, -0.2) is 0 Å². The molecule has 19 valence electrons. The van der Waals surface area contributed by atoms with Crippen LogP contribution < -0.4 is 0 Å². The first-order chi connectivity index (χ1) is 1.00. The van der Waals surface area contributed by atoms with Gasteiger partial charge in [0.25, 0.3) is 0 Å². The number of hydrogen-bond acceptors (Lipinski definition) is 1. The minimum absolute atomic E-state index is 0. The van der Waals surface area contributed by atoms with E-state index in [0.29, 0.717) is 0 Å². The first kappa shape index (κ1) is 16.5. The van der Waals surface area contributed by atoms with Gasteiger partial charge in [0, 0.05) is 0 Å². The van der Waals surface area contributed by atoms with E-state index in [1.807, 2.05) is 0 Å². The van der Waals surface area contributed by atoms with Gasteiger partial charge in [0.05, 0.1) is 0 Å². The monoisotopic (exact) mass is 121 g/mol. The molecule has 0 unspecified atom stereocenters. The normalized spacial score (nSPS) is 1.00. The molecule has 4 heavy (non-hydrogen) atoms. The molecule has 0 aromatic rings. The van der Waals surface area contributed by atoms with Crippen LogP contribution in [0.15, 0.2) is 0 Å². The number of hydrogen-bond donors (Lipinski definition) is 0. The molecule has 0 amide bonds. The summed E-state index contributed by atoms with van der Waals surface area (Å²) in [5.41, 5.74) is 0. The molecule has 0 heterocycles. The molecule has 0 saturated carbocycles. The van der Waals surface area contributed by atoms with Gasteiger partial charge in [-0.15, -0.1) is 0 Å². The Hall–Kier alpha value is 2.09. The topological polar surface area (TPSA) is 17.1 Å². The molecular weight excluding hydrogens is 118 g/mol. The summed E-state index contributed by atoms with van der Waals surface area (Å²) in [7, 11) is 0. The van der Waals surface area contributed by atoms with Crippen LogP contribution in [-0.4, -0.2) is 52.6 Å². The van der Waals surface area contributed by atoms with E-state index in [1.165, 1.54) is 0 Å². The Kier molecular flexibility index (Phi) is 80.7. The molecule has 0 atom stereocenters. The molecule has 0 aromatic carbocycles. The van der Waals surface area contributed by atoms with E-state index in [9.17, 15) is 0 Å². The van der Waals surface area contributed by atoms with Crippen molar-refractivity contribution in [2.45, 2.75) is 0 Å². The van der Waals surface area contributed by atoms with Gasteiger partial charge in [0.15, 0.2) is 0 Å². The van der Waals surface area contributed by atoms with Crippen LogP contribution in [0.2, 0.25) is 0 Å². The standard InChI is InChI=1S/Mg.Mn.Na.O.3H. The van der Waals surface area contributed by atoms with Crippen molar-refractivity contribution in [2.75, 3.05) is 0 Å². The molecule has 0 radical (unpaired) electrons. The Morgan fingerprint density at radius 1 is 1.25 bits per heavy atom. The third kappa shape index (κ3) is 8.94. The summed E-state index contributed by atoms with van der Waals surface area (Å²) in [6, 6.07) is 0. The second-order valence-corrected chi connectivity index (χ2v) is 0. The molecule has 4 heteroatoms. The van der Waals surface area contributed by atoms with Crippen molar-refractivity contribution in [1.82, 2.24) is 0 Å². The average molecular weight is 121 g/mol. The van der Waals surface area contributed by atoms with Gasteiger partial charge in [-0.1, -0.05) is 0 Å². The Labute approximate surface area is 71.4 Å². The Balaban J connectivity index is -0.00000000500. The quantitative estimate of drug-likeness (QED) is 0.350. The molecule has 0 rings (SSSR count). The van der Waals surface area contributed by atoms with Crippen LogP contribution in [0.3, 0.4) is 0 Å². The van der Waals surface area contributed by atoms with Gasteiger partial charge in [-0.05, 0) is 0 Å². The summed E-state index contributed by atoms with van der Waals surface area (Å²) in [4.78, 5) is 0. The van der Waals surface area contributed by atoms with Crippen molar-refractivity contribution in [3.8, 4) is 0 Å². The third-order valence-electron chi connectivity index (χ3n) is 0. The van der Waals surface area contributed by atoms with Gasteiger partial charge < -0.3 is 0 Å². The summed E-state index contributed by atoms with van der Waals surface area (Å²) in [6.07, 6.45) is 0. The second kappa shape index (κ2) is 19.5. The summed E-state index contributed by atoms with van der Waals surface area (Å²) in [6.45, 7) is 0. The van der Waals surface area contributed by atoms with E-state index in [1.54, 1.807) is 15.9 Å². The molecule has 0 saturated heterocycles. The third-order valence-corrected chi connectivity index (χ3v) is 0. The van der Waals surface area contributed by atoms with Crippen LogP contribution in [0.5, 0.6) is 0 Å². The Morgan fingerprint density at radius 3 is 1.25 bits per heavy atom. The van der Waals surface area contributed by atoms with E-state index in [4.69, 9.17) is 3.83 Å². The van der Waals surface area contributed by atoms with Crippen LogP contribution in [0, 0.1) is 0 Å². The molecule has 0 aliphatic rings. The zero-order chi connectivity index (χ0) is 2.00. The predicted octanol–water partition coefficient (Wildman–Crippen LogP) is -1.69. The fourth-order valence-corrected chi connectivity index (χ4v) is 0. The number of rotatable bonds is 0. The van der Waals surface area contributed by atoms with Crippen molar-refractivity contribution >= 4 is 52.6 Å². The van der Waals surface area contributed by atoms with Crippen molar-refractivity contribution in [2.24, 2.45) is 0 Å². The summed E-state index contributed by atoms with van der Waals surface area (Å²) in [5.74, 6) is 0. The van der Waals surface area contributed by atoms with E-state index < -0.39 is 0 Å². The summed E-state index contributed by atoms with van der Waals surface area (Å²) < 4.78 is 8.06. The fraction of sp³-hybridized carbons (Fsp3) is 0. The van der Waals surface area contributed by atoms with Crippen molar-refractivity contribution in [1.29, 1.82) is 0 Å². The van der Waals surface area contributed by atoms with E-state index in [0.717, 1.165) is 0 Å². The van der Waals surface area contributed by atoms with Gasteiger partial charge in [0.1, 0.15) is 0 Å². The second-order valence-electron chi connectivity index (χ2n) is 0. The van der Waals surface area contributed by atoms with Crippen LogP contribution >= 0.6 is 0 Å². The molecule has 0 aromatic heterocycles. The molecule has 0 aliphatic carbocycles. The minimum atomic E-state index is 0. The molecule has 0 bridgehead atoms. The molecule has 0 N–H and O–H groups in total. The zero-order valence-electron chi connectivity index (χ0n) is 0.786. The Morgan fingerprint density at radius 2 is 1.25 bits per heavy atom. The van der Waals surface area contributed by atoms with Crippen molar-refractivity contribution in [3.05, 3.63) is 0 Å². The first-order valence-electron chi connectivity index (χ1n) is 0.154. The van der Waals surface area contributed by atoms with E-state index in [-0.39, 0.29) is 52.6 Å². The van der Waals surface area contributed by atoms with E-state index >= 15 is 0 Å². The van der Waals surface area contributed by atoms with Crippen LogP contribution in [0.1, 0.15) is 0 Å². The maximum absolute atomic E-state index is 8.06. The van der Waals surface area contributed by atoms with Crippen LogP contribution in [0.25, 0.3) is 0 Å². The van der Waals surface area contributed by atoms with Gasteiger partial charge in [-0.2, -0.15) is 0 Å². The zero-order valence-corrected chi connectivity index (χ0v) is 1.97. The summed E-state index contributed by atoms with van der Waals surface area (Å²) >= 11 is 1.69. The van der Waals surface area contributed by atoms with Crippen molar-refractivity contribution in [3.63, 3.8) is 0 Å². The van der Waals surface area contributed by atoms with E-state index in [2.05, 4.69) is 0 Å². The molecule has 1 nitrogen and oxygen atoms in total. The molecular formula is H3MgMnNaO. The molecule has 0 aliphatic heterocycles. The molecule has 0 spiro atoms. The van der Waals surface area contributed by atoms with Crippen molar-refractivity contribution < 1.29 is 19.8 Å². The van der Waals surface area contributed by atoms with Crippen LogP contribution in [0.4, 0.5) is 0 Å². The fourth-order valence-electron chi connectivity index (χ4n) is 0. The van der Waals surface area contributed by atoms with Gasteiger partial charge in [-0.3, -0.25) is 0 Å². The van der Waals surface area contributed by atoms with Gasteiger partial charge >= 0.3 is 72.4 Å². The predicted molar refractivity (Wildman–Crippen MR) is 16.4 cm³/mol.